The Hall–Kier alpha value is -1.62. The van der Waals surface area contributed by atoms with Crippen molar-refractivity contribution < 1.29 is 15.0 Å². The first kappa shape index (κ1) is 11.9. The van der Waals surface area contributed by atoms with Crippen LogP contribution in [-0.2, 0) is 0 Å². The Morgan fingerprint density at radius 1 is 1.53 bits per heavy atom. The first-order valence-corrected chi connectivity index (χ1v) is 5.57. The average molecular weight is 236 g/mol. The van der Waals surface area contributed by atoms with E-state index < -0.39 is 11.6 Å². The SMILES string of the molecule is Cc1nc(N2CCC(C)(O)C2)ccc1C(=O)O. The quantitative estimate of drug-likeness (QED) is 0.803. The van der Waals surface area contributed by atoms with E-state index in [4.69, 9.17) is 5.11 Å². The number of hydrogen-bond acceptors (Lipinski definition) is 4. The maximum absolute atomic E-state index is 10.9. The van der Waals surface area contributed by atoms with Gasteiger partial charge in [-0.05, 0) is 32.4 Å². The zero-order valence-corrected chi connectivity index (χ0v) is 9.97. The van der Waals surface area contributed by atoms with Gasteiger partial charge in [0.2, 0.25) is 0 Å². The topological polar surface area (TPSA) is 73.7 Å². The number of rotatable bonds is 2. The standard InChI is InChI=1S/C12H16N2O3/c1-8-9(11(15)16)3-4-10(13-8)14-6-5-12(2,17)7-14/h3-4,17H,5-7H2,1-2H3,(H,15,16). The molecule has 1 unspecified atom stereocenters. The van der Waals surface area contributed by atoms with E-state index in [1.165, 1.54) is 0 Å². The molecule has 1 aromatic heterocycles. The van der Waals surface area contributed by atoms with Crippen LogP contribution < -0.4 is 4.90 Å². The third-order valence-electron chi connectivity index (χ3n) is 3.08. The van der Waals surface area contributed by atoms with E-state index in [2.05, 4.69) is 4.98 Å². The van der Waals surface area contributed by atoms with Crippen LogP contribution in [0.5, 0.6) is 0 Å². The Bertz CT molecular complexity index is 457. The minimum Gasteiger partial charge on any atom is -0.478 e. The highest BCUT2D eigenvalue weighted by Crippen LogP contribution is 2.25. The van der Waals surface area contributed by atoms with Gasteiger partial charge in [-0.1, -0.05) is 0 Å². The number of nitrogens with zero attached hydrogens (tertiary/aromatic N) is 2. The van der Waals surface area contributed by atoms with Crippen molar-refractivity contribution in [3.05, 3.63) is 23.4 Å². The fourth-order valence-corrected chi connectivity index (χ4v) is 2.09. The summed E-state index contributed by atoms with van der Waals surface area (Å²) in [4.78, 5) is 17.1. The molecule has 1 atom stereocenters. The van der Waals surface area contributed by atoms with E-state index in [1.54, 1.807) is 26.0 Å². The van der Waals surface area contributed by atoms with Crippen LogP contribution in [0.25, 0.3) is 0 Å². The monoisotopic (exact) mass is 236 g/mol. The van der Waals surface area contributed by atoms with Crippen molar-refractivity contribution in [1.82, 2.24) is 4.98 Å². The zero-order valence-electron chi connectivity index (χ0n) is 9.97. The van der Waals surface area contributed by atoms with Crippen molar-refractivity contribution in [3.63, 3.8) is 0 Å². The second-order valence-corrected chi connectivity index (χ2v) is 4.78. The number of anilines is 1. The van der Waals surface area contributed by atoms with Crippen LogP contribution in [0.1, 0.15) is 29.4 Å². The van der Waals surface area contributed by atoms with Gasteiger partial charge >= 0.3 is 5.97 Å². The Morgan fingerprint density at radius 2 is 2.24 bits per heavy atom. The summed E-state index contributed by atoms with van der Waals surface area (Å²) in [6, 6.07) is 3.25. The van der Waals surface area contributed by atoms with Gasteiger partial charge < -0.3 is 15.1 Å². The third-order valence-corrected chi connectivity index (χ3v) is 3.08. The minimum absolute atomic E-state index is 0.222. The predicted octanol–water partition coefficient (Wildman–Crippen LogP) is 1.05. The molecule has 1 saturated heterocycles. The summed E-state index contributed by atoms with van der Waals surface area (Å²) in [5.41, 5.74) is 0.0439. The number of aryl methyl sites for hydroxylation is 1. The molecule has 17 heavy (non-hydrogen) atoms. The summed E-state index contributed by atoms with van der Waals surface area (Å²) in [6.07, 6.45) is 0.703. The lowest BCUT2D eigenvalue weighted by molar-refractivity contribution is 0.0695. The Balaban J connectivity index is 2.24. The van der Waals surface area contributed by atoms with Crippen molar-refractivity contribution >= 4 is 11.8 Å². The van der Waals surface area contributed by atoms with Gasteiger partial charge in [-0.25, -0.2) is 9.78 Å². The van der Waals surface area contributed by atoms with Crippen LogP contribution in [-0.4, -0.2) is 39.9 Å². The molecule has 0 amide bonds. The lowest BCUT2D eigenvalue weighted by atomic mass is 10.1. The molecule has 0 bridgehead atoms. The van der Waals surface area contributed by atoms with Crippen LogP contribution in [0.3, 0.4) is 0 Å². The van der Waals surface area contributed by atoms with E-state index in [9.17, 15) is 9.90 Å². The molecular weight excluding hydrogens is 220 g/mol. The average Bonchev–Trinajstić information content (AvgIpc) is 2.58. The molecule has 0 aromatic carbocycles. The first-order chi connectivity index (χ1) is 7.89. The van der Waals surface area contributed by atoms with Crippen LogP contribution >= 0.6 is 0 Å². The molecule has 1 aliphatic rings. The fourth-order valence-electron chi connectivity index (χ4n) is 2.09. The van der Waals surface area contributed by atoms with E-state index in [-0.39, 0.29) is 5.56 Å². The molecule has 5 nitrogen and oxygen atoms in total. The largest absolute Gasteiger partial charge is 0.478 e. The number of hydrogen-bond donors (Lipinski definition) is 2. The Kier molecular flexibility index (Phi) is 2.79. The second-order valence-electron chi connectivity index (χ2n) is 4.78. The summed E-state index contributed by atoms with van der Waals surface area (Å²) >= 11 is 0. The molecule has 0 aliphatic carbocycles. The Morgan fingerprint density at radius 3 is 2.71 bits per heavy atom. The minimum atomic E-state index is -0.963. The van der Waals surface area contributed by atoms with Crippen molar-refractivity contribution in [2.45, 2.75) is 25.9 Å². The summed E-state index contributed by atoms with van der Waals surface area (Å²) in [5.74, 6) is -0.236. The Labute approximate surface area is 99.7 Å². The number of β-amino-alcohol motifs (C(OH)–C–C–N with tert-alkyl or cyclic N) is 1. The van der Waals surface area contributed by atoms with Gasteiger partial charge in [0.05, 0.1) is 16.9 Å². The summed E-state index contributed by atoms with van der Waals surface area (Å²) in [5, 5.41) is 18.8. The lowest BCUT2D eigenvalue weighted by Crippen LogP contribution is -2.30. The molecule has 2 rings (SSSR count). The van der Waals surface area contributed by atoms with Crippen LogP contribution in [0.4, 0.5) is 5.82 Å². The lowest BCUT2D eigenvalue weighted by Gasteiger charge is -2.20. The van der Waals surface area contributed by atoms with Crippen molar-refractivity contribution in [3.8, 4) is 0 Å². The van der Waals surface area contributed by atoms with E-state index in [0.29, 0.717) is 18.7 Å². The molecular formula is C12H16N2O3. The number of carboxylic acids is 1. The van der Waals surface area contributed by atoms with Crippen LogP contribution in [0.15, 0.2) is 12.1 Å². The number of carboxylic acid groups (broad SMARTS) is 1. The summed E-state index contributed by atoms with van der Waals surface area (Å²) in [7, 11) is 0. The van der Waals surface area contributed by atoms with Gasteiger partial charge in [-0.2, -0.15) is 0 Å². The summed E-state index contributed by atoms with van der Waals surface area (Å²) < 4.78 is 0. The zero-order chi connectivity index (χ0) is 12.6. The number of carbonyl (C=O) groups is 1. The van der Waals surface area contributed by atoms with Gasteiger partial charge in [0.1, 0.15) is 5.82 Å². The summed E-state index contributed by atoms with van der Waals surface area (Å²) in [6.45, 7) is 4.75. The highest BCUT2D eigenvalue weighted by atomic mass is 16.4. The molecule has 1 aromatic rings. The van der Waals surface area contributed by atoms with Crippen LogP contribution in [0.2, 0.25) is 0 Å². The number of aliphatic hydroxyl groups is 1. The molecule has 1 fully saturated rings. The third kappa shape index (κ3) is 2.39. The molecule has 2 N–H and O–H groups in total. The van der Waals surface area contributed by atoms with E-state index >= 15 is 0 Å². The molecule has 0 radical (unpaired) electrons. The number of aromatic nitrogens is 1. The molecule has 2 heterocycles. The molecule has 1 aliphatic heterocycles. The van der Waals surface area contributed by atoms with E-state index in [1.807, 2.05) is 4.90 Å². The molecule has 0 saturated carbocycles. The van der Waals surface area contributed by atoms with Gasteiger partial charge in [0.25, 0.3) is 0 Å². The van der Waals surface area contributed by atoms with E-state index in [0.717, 1.165) is 12.4 Å². The fraction of sp³-hybridized carbons (Fsp3) is 0.500. The molecule has 92 valence electrons. The number of aromatic carboxylic acids is 1. The predicted molar refractivity (Wildman–Crippen MR) is 63.4 cm³/mol. The maximum Gasteiger partial charge on any atom is 0.337 e. The smallest absolute Gasteiger partial charge is 0.337 e. The van der Waals surface area contributed by atoms with Gasteiger partial charge in [0, 0.05) is 13.1 Å². The van der Waals surface area contributed by atoms with Gasteiger partial charge in [-0.15, -0.1) is 0 Å². The number of pyridine rings is 1. The molecule has 5 heteroatoms. The first-order valence-electron chi connectivity index (χ1n) is 5.57. The highest BCUT2D eigenvalue weighted by molar-refractivity contribution is 5.89. The van der Waals surface area contributed by atoms with Crippen molar-refractivity contribution in [1.29, 1.82) is 0 Å². The normalized spacial score (nSPS) is 24.1. The second kappa shape index (κ2) is 4.00. The van der Waals surface area contributed by atoms with Crippen molar-refractivity contribution in [2.75, 3.05) is 18.0 Å². The van der Waals surface area contributed by atoms with Gasteiger partial charge in [0.15, 0.2) is 0 Å². The van der Waals surface area contributed by atoms with Crippen molar-refractivity contribution in [2.24, 2.45) is 0 Å². The van der Waals surface area contributed by atoms with Gasteiger partial charge in [-0.3, -0.25) is 0 Å². The molecule has 0 spiro atoms. The highest BCUT2D eigenvalue weighted by Gasteiger charge is 2.32. The van der Waals surface area contributed by atoms with Crippen LogP contribution in [0, 0.1) is 6.92 Å². The maximum atomic E-state index is 10.9.